The number of anilines is 2. The van der Waals surface area contributed by atoms with Gasteiger partial charge in [0.2, 0.25) is 0 Å². The molecule has 0 saturated carbocycles. The Bertz CT molecular complexity index is 1040. The van der Waals surface area contributed by atoms with E-state index in [-0.39, 0.29) is 19.0 Å². The lowest BCUT2D eigenvalue weighted by Gasteiger charge is -2.30. The molecule has 0 unspecified atom stereocenters. The molecule has 0 aromatic heterocycles. The van der Waals surface area contributed by atoms with Crippen molar-refractivity contribution in [2.75, 3.05) is 43.1 Å². The number of amides is 3. The number of hydrogen-bond acceptors (Lipinski definition) is 5. The molecule has 8 nitrogen and oxygen atoms in total. The second-order valence-electron chi connectivity index (χ2n) is 7.35. The molecule has 0 spiro atoms. The smallest absolute Gasteiger partial charge is 0.315 e. The molecule has 0 radical (unpaired) electrons. The zero-order valence-electron chi connectivity index (χ0n) is 17.1. The number of urea groups is 1. The SMILES string of the molecule is O=C(NCC(=O)N1CCCN1c1cc(F)ccc1Cl)NCc1cc(Cl)c2c(c1)OCCN2. The molecule has 32 heavy (non-hydrogen) atoms. The van der Waals surface area contributed by atoms with E-state index in [9.17, 15) is 14.0 Å². The van der Waals surface area contributed by atoms with Crippen LogP contribution in [-0.4, -0.2) is 49.7 Å². The fraction of sp³-hybridized carbons (Fsp3) is 0.333. The number of carbonyl (C=O) groups is 2. The highest BCUT2D eigenvalue weighted by molar-refractivity contribution is 6.34. The summed E-state index contributed by atoms with van der Waals surface area (Å²) >= 11 is 12.4. The van der Waals surface area contributed by atoms with E-state index in [4.69, 9.17) is 27.9 Å². The Morgan fingerprint density at radius 3 is 2.81 bits per heavy atom. The van der Waals surface area contributed by atoms with Gasteiger partial charge in [0.1, 0.15) is 24.7 Å². The monoisotopic (exact) mass is 481 g/mol. The van der Waals surface area contributed by atoms with E-state index in [1.54, 1.807) is 11.1 Å². The molecule has 2 heterocycles. The third kappa shape index (κ3) is 4.94. The van der Waals surface area contributed by atoms with Crippen LogP contribution < -0.4 is 25.7 Å². The van der Waals surface area contributed by atoms with Gasteiger partial charge in [0.25, 0.3) is 5.91 Å². The van der Waals surface area contributed by atoms with Crippen LogP contribution in [0.15, 0.2) is 30.3 Å². The average molecular weight is 482 g/mol. The van der Waals surface area contributed by atoms with Gasteiger partial charge >= 0.3 is 6.03 Å². The van der Waals surface area contributed by atoms with Crippen LogP contribution in [0.1, 0.15) is 12.0 Å². The number of halogens is 3. The van der Waals surface area contributed by atoms with Gasteiger partial charge in [0.05, 0.1) is 21.4 Å². The van der Waals surface area contributed by atoms with Crippen molar-refractivity contribution in [1.29, 1.82) is 0 Å². The maximum Gasteiger partial charge on any atom is 0.315 e. The zero-order chi connectivity index (χ0) is 22.7. The van der Waals surface area contributed by atoms with E-state index in [1.165, 1.54) is 23.2 Å². The number of rotatable bonds is 5. The summed E-state index contributed by atoms with van der Waals surface area (Å²) in [5.41, 5.74) is 1.93. The molecule has 0 aliphatic carbocycles. The number of ether oxygens (including phenoxy) is 1. The van der Waals surface area contributed by atoms with Crippen molar-refractivity contribution in [2.45, 2.75) is 13.0 Å². The van der Waals surface area contributed by atoms with E-state index < -0.39 is 11.8 Å². The van der Waals surface area contributed by atoms with Gasteiger partial charge in [-0.3, -0.25) is 14.8 Å². The number of benzene rings is 2. The molecule has 11 heteroatoms. The molecule has 2 aromatic rings. The number of nitrogens with zero attached hydrogens (tertiary/aromatic N) is 2. The van der Waals surface area contributed by atoms with Gasteiger partial charge in [0.15, 0.2) is 0 Å². The summed E-state index contributed by atoms with van der Waals surface area (Å²) in [6, 6.07) is 7.06. The number of carbonyl (C=O) groups excluding carboxylic acids is 2. The van der Waals surface area contributed by atoms with Crippen molar-refractivity contribution >= 4 is 46.5 Å². The van der Waals surface area contributed by atoms with Crippen molar-refractivity contribution in [3.05, 3.63) is 51.8 Å². The molecule has 1 fully saturated rings. The molecular weight excluding hydrogens is 460 g/mol. The number of nitrogens with one attached hydrogen (secondary N) is 3. The molecular formula is C21H22Cl2FN5O3. The molecule has 3 amide bonds. The summed E-state index contributed by atoms with van der Waals surface area (Å²) < 4.78 is 19.2. The maximum absolute atomic E-state index is 13.7. The number of fused-ring (bicyclic) bond motifs is 1. The quantitative estimate of drug-likeness (QED) is 0.609. The van der Waals surface area contributed by atoms with Gasteiger partial charge in [-0.15, -0.1) is 0 Å². The highest BCUT2D eigenvalue weighted by atomic mass is 35.5. The van der Waals surface area contributed by atoms with Gasteiger partial charge < -0.3 is 20.7 Å². The lowest BCUT2D eigenvalue weighted by atomic mass is 10.1. The van der Waals surface area contributed by atoms with Gasteiger partial charge in [-0.05, 0) is 36.2 Å². The van der Waals surface area contributed by atoms with E-state index in [2.05, 4.69) is 16.0 Å². The Hall–Kier alpha value is -2.91. The van der Waals surface area contributed by atoms with Crippen LogP contribution in [0.3, 0.4) is 0 Å². The average Bonchev–Trinajstić information content (AvgIpc) is 3.27. The molecule has 2 aliphatic heterocycles. The minimum atomic E-state index is -0.499. The van der Waals surface area contributed by atoms with E-state index in [1.807, 2.05) is 6.07 Å². The van der Waals surface area contributed by atoms with Gasteiger partial charge in [-0.25, -0.2) is 9.18 Å². The number of hydrazine groups is 1. The highest BCUT2D eigenvalue weighted by Gasteiger charge is 2.28. The lowest BCUT2D eigenvalue weighted by Crippen LogP contribution is -2.48. The van der Waals surface area contributed by atoms with Crippen molar-refractivity contribution in [3.8, 4) is 5.75 Å². The summed E-state index contributed by atoms with van der Waals surface area (Å²) in [5.74, 6) is -0.125. The van der Waals surface area contributed by atoms with Crippen LogP contribution >= 0.6 is 23.2 Å². The van der Waals surface area contributed by atoms with Crippen LogP contribution in [-0.2, 0) is 11.3 Å². The third-order valence-corrected chi connectivity index (χ3v) is 5.75. The summed E-state index contributed by atoms with van der Waals surface area (Å²) in [6.07, 6.45) is 0.709. The summed E-state index contributed by atoms with van der Waals surface area (Å²) in [7, 11) is 0. The highest BCUT2D eigenvalue weighted by Crippen LogP contribution is 2.35. The first kappa shape index (κ1) is 22.3. The molecule has 2 aromatic carbocycles. The first-order chi connectivity index (χ1) is 15.4. The molecule has 3 N–H and O–H groups in total. The molecule has 170 valence electrons. The van der Waals surface area contributed by atoms with Crippen molar-refractivity contribution in [3.63, 3.8) is 0 Å². The first-order valence-electron chi connectivity index (χ1n) is 10.2. The molecule has 2 aliphatic rings. The topological polar surface area (TPSA) is 85.9 Å². The van der Waals surface area contributed by atoms with E-state index in [0.29, 0.717) is 54.1 Å². The fourth-order valence-electron chi connectivity index (χ4n) is 3.66. The minimum Gasteiger partial charge on any atom is -0.490 e. The van der Waals surface area contributed by atoms with E-state index >= 15 is 0 Å². The maximum atomic E-state index is 13.7. The summed E-state index contributed by atoms with van der Waals surface area (Å²) in [4.78, 5) is 24.9. The predicted octanol–water partition coefficient (Wildman–Crippen LogP) is 3.39. The van der Waals surface area contributed by atoms with Crippen LogP contribution in [0.4, 0.5) is 20.6 Å². The zero-order valence-corrected chi connectivity index (χ0v) is 18.6. The van der Waals surface area contributed by atoms with Crippen LogP contribution in [0.2, 0.25) is 10.0 Å². The van der Waals surface area contributed by atoms with Crippen molar-refractivity contribution in [1.82, 2.24) is 15.6 Å². The third-order valence-electron chi connectivity index (χ3n) is 5.13. The molecule has 1 saturated heterocycles. The largest absolute Gasteiger partial charge is 0.490 e. The van der Waals surface area contributed by atoms with Crippen LogP contribution in [0.25, 0.3) is 0 Å². The minimum absolute atomic E-state index is 0.213. The Kier molecular flexibility index (Phi) is 6.76. The normalized spacial score (nSPS) is 15.0. The summed E-state index contributed by atoms with van der Waals surface area (Å²) in [6.45, 7) is 2.20. The molecule has 0 bridgehead atoms. The van der Waals surface area contributed by atoms with Gasteiger partial charge in [0, 0.05) is 32.2 Å². The summed E-state index contributed by atoms with van der Waals surface area (Å²) in [5, 5.41) is 12.4. The predicted molar refractivity (Wildman–Crippen MR) is 121 cm³/mol. The second-order valence-corrected chi connectivity index (χ2v) is 8.17. The van der Waals surface area contributed by atoms with Crippen molar-refractivity contribution < 1.29 is 18.7 Å². The Morgan fingerprint density at radius 1 is 1.12 bits per heavy atom. The second kappa shape index (κ2) is 9.70. The van der Waals surface area contributed by atoms with Gasteiger partial charge in [-0.1, -0.05) is 23.2 Å². The van der Waals surface area contributed by atoms with Crippen LogP contribution in [0, 0.1) is 5.82 Å². The Balaban J connectivity index is 1.30. The Morgan fingerprint density at radius 2 is 1.97 bits per heavy atom. The molecule has 4 rings (SSSR count). The lowest BCUT2D eigenvalue weighted by molar-refractivity contribution is -0.129. The Labute approximate surface area is 194 Å². The molecule has 0 atom stereocenters. The standard InChI is InChI=1S/C21H22Cl2FN5O3/c22-15-3-2-14(24)10-17(15)28-5-1-6-29(28)19(30)12-27-21(31)26-11-13-8-16(23)20-18(9-13)32-7-4-25-20/h2-3,8-10,25H,1,4-7,11-12H2,(H2,26,27,31). The van der Waals surface area contributed by atoms with Gasteiger partial charge in [-0.2, -0.15) is 0 Å². The van der Waals surface area contributed by atoms with Crippen LogP contribution in [0.5, 0.6) is 5.75 Å². The fourth-order valence-corrected chi connectivity index (χ4v) is 4.17. The first-order valence-corrected chi connectivity index (χ1v) is 10.9. The number of hydrogen-bond donors (Lipinski definition) is 3. The van der Waals surface area contributed by atoms with Crippen molar-refractivity contribution in [2.24, 2.45) is 0 Å². The van der Waals surface area contributed by atoms with E-state index in [0.717, 1.165) is 11.3 Å².